The summed E-state index contributed by atoms with van der Waals surface area (Å²) in [4.78, 5) is 21.9. The molecule has 102 valence electrons. The zero-order valence-corrected chi connectivity index (χ0v) is 10.9. The van der Waals surface area contributed by atoms with Crippen molar-refractivity contribution in [1.29, 1.82) is 0 Å². The third-order valence-corrected chi connectivity index (χ3v) is 3.41. The summed E-state index contributed by atoms with van der Waals surface area (Å²) in [6.07, 6.45) is 2.32. The first-order valence-electron chi connectivity index (χ1n) is 5.96. The third kappa shape index (κ3) is 3.65. The fourth-order valence-electron chi connectivity index (χ4n) is 1.83. The summed E-state index contributed by atoms with van der Waals surface area (Å²) in [5.74, 6) is 0.146. The molecule has 0 spiro atoms. The minimum atomic E-state index is -0.540. The van der Waals surface area contributed by atoms with Crippen LogP contribution in [0, 0.1) is 16.0 Å². The Kier molecular flexibility index (Phi) is 4.01. The van der Waals surface area contributed by atoms with Gasteiger partial charge in [-0.2, -0.15) is 0 Å². The Bertz CT molecular complexity index is 517. The molecule has 1 aliphatic rings. The summed E-state index contributed by atoms with van der Waals surface area (Å²) >= 11 is 5.89. The molecule has 1 aliphatic carbocycles. The van der Waals surface area contributed by atoms with E-state index < -0.39 is 4.92 Å². The van der Waals surface area contributed by atoms with E-state index in [2.05, 4.69) is 5.32 Å². The number of carbonyl (C=O) groups excluding carboxylic acids is 1. The smallest absolute Gasteiger partial charge is 0.271 e. The van der Waals surface area contributed by atoms with Crippen molar-refractivity contribution in [3.8, 4) is 0 Å². The van der Waals surface area contributed by atoms with Crippen LogP contribution in [0.4, 0.5) is 11.4 Å². The Hall–Kier alpha value is -1.66. The van der Waals surface area contributed by atoms with Crippen molar-refractivity contribution >= 4 is 28.9 Å². The highest BCUT2D eigenvalue weighted by Gasteiger charge is 2.29. The second-order valence-electron chi connectivity index (χ2n) is 4.67. The number of non-ortho nitro benzene ring substituents is 1. The second kappa shape index (κ2) is 5.54. The third-order valence-electron chi connectivity index (χ3n) is 3.08. The Morgan fingerprint density at radius 3 is 2.84 bits per heavy atom. The number of amides is 1. The van der Waals surface area contributed by atoms with Gasteiger partial charge in [0, 0.05) is 24.6 Å². The van der Waals surface area contributed by atoms with Gasteiger partial charge in [0.1, 0.15) is 0 Å². The van der Waals surface area contributed by atoms with Crippen LogP contribution in [0.5, 0.6) is 0 Å². The fourth-order valence-corrected chi connectivity index (χ4v) is 1.99. The molecule has 1 fully saturated rings. The minimum absolute atomic E-state index is 0.119. The normalized spacial score (nSPS) is 15.9. The first kappa shape index (κ1) is 13.8. The highest BCUT2D eigenvalue weighted by atomic mass is 35.5. The second-order valence-corrected chi connectivity index (χ2v) is 5.08. The van der Waals surface area contributed by atoms with E-state index in [1.807, 2.05) is 0 Å². The van der Waals surface area contributed by atoms with E-state index in [0.717, 1.165) is 12.8 Å². The van der Waals surface area contributed by atoms with E-state index >= 15 is 0 Å². The number of nitrogens with two attached hydrogens (primary N) is 1. The van der Waals surface area contributed by atoms with Crippen molar-refractivity contribution in [2.45, 2.75) is 25.3 Å². The molecule has 1 unspecified atom stereocenters. The molecule has 1 aromatic carbocycles. The molecule has 0 radical (unpaired) electrons. The summed E-state index contributed by atoms with van der Waals surface area (Å²) in [5, 5.41) is 13.5. The van der Waals surface area contributed by atoms with Gasteiger partial charge in [0.15, 0.2) is 0 Å². The van der Waals surface area contributed by atoms with E-state index in [4.69, 9.17) is 17.3 Å². The SMILES string of the molecule is NC(CC(=O)Nc1cc([N+](=O)[O-])ccc1Cl)C1CC1. The van der Waals surface area contributed by atoms with Crippen LogP contribution in [-0.4, -0.2) is 16.9 Å². The molecule has 0 heterocycles. The molecule has 7 heteroatoms. The highest BCUT2D eigenvalue weighted by molar-refractivity contribution is 6.33. The van der Waals surface area contributed by atoms with Gasteiger partial charge in [-0.1, -0.05) is 11.6 Å². The Labute approximate surface area is 115 Å². The van der Waals surface area contributed by atoms with Crippen molar-refractivity contribution in [1.82, 2.24) is 0 Å². The van der Waals surface area contributed by atoms with Crippen LogP contribution in [0.1, 0.15) is 19.3 Å². The molecule has 0 aromatic heterocycles. The fraction of sp³-hybridized carbons (Fsp3) is 0.417. The summed E-state index contributed by atoms with van der Waals surface area (Å²) < 4.78 is 0. The predicted molar refractivity (Wildman–Crippen MR) is 72.1 cm³/mol. The summed E-state index contributed by atoms with van der Waals surface area (Å²) in [6, 6.07) is 3.75. The summed E-state index contributed by atoms with van der Waals surface area (Å²) in [6.45, 7) is 0. The summed E-state index contributed by atoms with van der Waals surface area (Å²) in [5.41, 5.74) is 5.97. The van der Waals surface area contributed by atoms with Gasteiger partial charge in [0.05, 0.1) is 15.6 Å². The Balaban J connectivity index is 2.02. The highest BCUT2D eigenvalue weighted by Crippen LogP contribution is 2.33. The number of rotatable bonds is 5. The molecular formula is C12H14ClN3O3. The molecule has 1 aromatic rings. The van der Waals surface area contributed by atoms with Gasteiger partial charge < -0.3 is 11.1 Å². The zero-order chi connectivity index (χ0) is 14.0. The van der Waals surface area contributed by atoms with Crippen molar-refractivity contribution < 1.29 is 9.72 Å². The number of nitrogens with one attached hydrogen (secondary N) is 1. The van der Waals surface area contributed by atoms with Crippen LogP contribution < -0.4 is 11.1 Å². The lowest BCUT2D eigenvalue weighted by atomic mass is 10.1. The van der Waals surface area contributed by atoms with Gasteiger partial charge in [-0.25, -0.2) is 0 Å². The Morgan fingerprint density at radius 1 is 1.58 bits per heavy atom. The standard InChI is InChI=1S/C12H14ClN3O3/c13-9-4-3-8(16(18)19)5-11(9)15-12(17)6-10(14)7-1-2-7/h3-5,7,10H,1-2,6,14H2,(H,15,17). The molecule has 1 saturated carbocycles. The van der Waals surface area contributed by atoms with Gasteiger partial charge in [0.2, 0.25) is 5.91 Å². The largest absolute Gasteiger partial charge is 0.327 e. The number of benzene rings is 1. The van der Waals surface area contributed by atoms with E-state index in [1.165, 1.54) is 18.2 Å². The average molecular weight is 284 g/mol. The first-order valence-corrected chi connectivity index (χ1v) is 6.34. The van der Waals surface area contributed by atoms with E-state index in [1.54, 1.807) is 0 Å². The van der Waals surface area contributed by atoms with Crippen LogP contribution >= 0.6 is 11.6 Å². The minimum Gasteiger partial charge on any atom is -0.327 e. The number of nitro groups is 1. The quantitative estimate of drug-likeness (QED) is 0.640. The maximum Gasteiger partial charge on any atom is 0.271 e. The molecule has 1 atom stereocenters. The van der Waals surface area contributed by atoms with E-state index in [0.29, 0.717) is 5.92 Å². The van der Waals surface area contributed by atoms with Gasteiger partial charge in [-0.05, 0) is 24.8 Å². The molecule has 3 N–H and O–H groups in total. The van der Waals surface area contributed by atoms with Crippen LogP contribution in [-0.2, 0) is 4.79 Å². The first-order chi connectivity index (χ1) is 8.97. The lowest BCUT2D eigenvalue weighted by Gasteiger charge is -2.11. The molecule has 1 amide bonds. The maximum absolute atomic E-state index is 11.8. The Morgan fingerprint density at radius 2 is 2.26 bits per heavy atom. The number of nitro benzene ring substituents is 1. The lowest BCUT2D eigenvalue weighted by molar-refractivity contribution is -0.384. The number of carbonyl (C=O) groups is 1. The van der Waals surface area contributed by atoms with Crippen LogP contribution in [0.3, 0.4) is 0 Å². The molecule has 6 nitrogen and oxygen atoms in total. The van der Waals surface area contributed by atoms with Crippen molar-refractivity contribution in [3.63, 3.8) is 0 Å². The molecule has 0 saturated heterocycles. The lowest BCUT2D eigenvalue weighted by Crippen LogP contribution is -2.28. The van der Waals surface area contributed by atoms with Crippen LogP contribution in [0.25, 0.3) is 0 Å². The molecule has 2 rings (SSSR count). The number of nitrogens with zero attached hydrogens (tertiary/aromatic N) is 1. The monoisotopic (exact) mass is 283 g/mol. The van der Waals surface area contributed by atoms with Crippen molar-refractivity contribution in [3.05, 3.63) is 33.3 Å². The van der Waals surface area contributed by atoms with Gasteiger partial charge in [0.25, 0.3) is 5.69 Å². The van der Waals surface area contributed by atoms with Gasteiger partial charge in [-0.15, -0.1) is 0 Å². The van der Waals surface area contributed by atoms with Crippen molar-refractivity contribution in [2.75, 3.05) is 5.32 Å². The van der Waals surface area contributed by atoms with Crippen LogP contribution in [0.15, 0.2) is 18.2 Å². The van der Waals surface area contributed by atoms with Crippen LogP contribution in [0.2, 0.25) is 5.02 Å². The number of hydrogen-bond acceptors (Lipinski definition) is 4. The van der Waals surface area contributed by atoms with Crippen molar-refractivity contribution in [2.24, 2.45) is 11.7 Å². The predicted octanol–water partition coefficient (Wildman–Crippen LogP) is 2.31. The topological polar surface area (TPSA) is 98.3 Å². The van der Waals surface area contributed by atoms with Gasteiger partial charge in [-0.3, -0.25) is 14.9 Å². The average Bonchev–Trinajstić information content (AvgIpc) is 3.15. The van der Waals surface area contributed by atoms with E-state index in [9.17, 15) is 14.9 Å². The number of hydrogen-bond donors (Lipinski definition) is 2. The number of halogens is 1. The molecule has 0 bridgehead atoms. The zero-order valence-electron chi connectivity index (χ0n) is 10.1. The maximum atomic E-state index is 11.8. The van der Waals surface area contributed by atoms with Gasteiger partial charge >= 0.3 is 0 Å². The number of anilines is 1. The van der Waals surface area contributed by atoms with E-state index in [-0.39, 0.29) is 34.8 Å². The summed E-state index contributed by atoms with van der Waals surface area (Å²) in [7, 11) is 0. The molecule has 0 aliphatic heterocycles. The molecular weight excluding hydrogens is 270 g/mol. The molecule has 19 heavy (non-hydrogen) atoms.